The Morgan fingerprint density at radius 1 is 1.46 bits per heavy atom. The number of anilines is 1. The zero-order valence-electron chi connectivity index (χ0n) is 7.36. The molecule has 0 unspecified atom stereocenters. The van der Waals surface area contributed by atoms with Gasteiger partial charge in [0, 0.05) is 18.9 Å². The second-order valence-electron chi connectivity index (χ2n) is 3.19. The molecule has 3 nitrogen and oxygen atoms in total. The highest BCUT2D eigenvalue weighted by Gasteiger charge is 2.25. The van der Waals surface area contributed by atoms with E-state index in [4.69, 9.17) is 0 Å². The quantitative estimate of drug-likeness (QED) is 0.690. The minimum atomic E-state index is -0.307. The van der Waals surface area contributed by atoms with E-state index in [1.807, 2.05) is 4.90 Å². The summed E-state index contributed by atoms with van der Waals surface area (Å²) >= 11 is 0. The molecule has 1 atom stereocenters. The van der Waals surface area contributed by atoms with Gasteiger partial charge in [0.1, 0.15) is 6.67 Å². The predicted octanol–water partition coefficient (Wildman–Crippen LogP) is 1.41. The van der Waals surface area contributed by atoms with Crippen molar-refractivity contribution in [2.75, 3.05) is 18.1 Å². The van der Waals surface area contributed by atoms with Crippen molar-refractivity contribution >= 4 is 5.95 Å². The van der Waals surface area contributed by atoms with Crippen molar-refractivity contribution in [1.82, 2.24) is 9.97 Å². The van der Waals surface area contributed by atoms with Gasteiger partial charge in [0.15, 0.2) is 0 Å². The van der Waals surface area contributed by atoms with Gasteiger partial charge in [0.05, 0.1) is 6.04 Å². The van der Waals surface area contributed by atoms with Crippen molar-refractivity contribution in [2.24, 2.45) is 0 Å². The summed E-state index contributed by atoms with van der Waals surface area (Å²) in [5.41, 5.74) is 0. The molecule has 0 bridgehead atoms. The SMILES string of the molecule is FC[C@@H]1CCCN1c1ncccn1. The topological polar surface area (TPSA) is 29.0 Å². The van der Waals surface area contributed by atoms with Gasteiger partial charge in [-0.3, -0.25) is 0 Å². The average Bonchev–Trinajstić information content (AvgIpc) is 2.67. The monoisotopic (exact) mass is 181 g/mol. The zero-order valence-corrected chi connectivity index (χ0v) is 7.36. The molecule has 1 saturated heterocycles. The number of aromatic nitrogens is 2. The summed E-state index contributed by atoms with van der Waals surface area (Å²) < 4.78 is 12.5. The van der Waals surface area contributed by atoms with Gasteiger partial charge in [-0.05, 0) is 18.9 Å². The van der Waals surface area contributed by atoms with Crippen molar-refractivity contribution in [1.29, 1.82) is 0 Å². The summed E-state index contributed by atoms with van der Waals surface area (Å²) in [6, 6.07) is 1.76. The van der Waals surface area contributed by atoms with Crippen molar-refractivity contribution in [3.8, 4) is 0 Å². The molecule has 1 aromatic heterocycles. The van der Waals surface area contributed by atoms with Crippen LogP contribution in [0.3, 0.4) is 0 Å². The summed E-state index contributed by atoms with van der Waals surface area (Å²) in [6.07, 6.45) is 5.33. The third kappa shape index (κ3) is 1.61. The van der Waals surface area contributed by atoms with Gasteiger partial charge < -0.3 is 4.90 Å². The Morgan fingerprint density at radius 2 is 2.23 bits per heavy atom. The number of alkyl halides is 1. The molecule has 0 N–H and O–H groups in total. The lowest BCUT2D eigenvalue weighted by Gasteiger charge is -2.21. The third-order valence-electron chi connectivity index (χ3n) is 2.36. The maximum absolute atomic E-state index is 12.5. The number of hydrogen-bond donors (Lipinski definition) is 0. The van der Waals surface area contributed by atoms with Gasteiger partial charge in [-0.25, -0.2) is 14.4 Å². The molecule has 1 fully saturated rings. The Bertz CT molecular complexity index is 265. The van der Waals surface area contributed by atoms with E-state index in [2.05, 4.69) is 9.97 Å². The standard InChI is InChI=1S/C9H12FN3/c10-7-8-3-1-6-13(8)9-11-4-2-5-12-9/h2,4-5,8H,1,3,6-7H2/t8-/m0/s1. The lowest BCUT2D eigenvalue weighted by atomic mass is 10.2. The van der Waals surface area contributed by atoms with Crippen LogP contribution in [0.15, 0.2) is 18.5 Å². The minimum absolute atomic E-state index is 0.0117. The molecule has 2 rings (SSSR count). The summed E-state index contributed by atoms with van der Waals surface area (Å²) in [5.74, 6) is 0.655. The van der Waals surface area contributed by atoms with Crippen LogP contribution in [0.4, 0.5) is 10.3 Å². The second kappa shape index (κ2) is 3.68. The van der Waals surface area contributed by atoms with Crippen molar-refractivity contribution in [2.45, 2.75) is 18.9 Å². The van der Waals surface area contributed by atoms with Crippen molar-refractivity contribution < 1.29 is 4.39 Å². The molecule has 0 aliphatic carbocycles. The fraction of sp³-hybridized carbons (Fsp3) is 0.556. The molecular weight excluding hydrogens is 169 g/mol. The maximum atomic E-state index is 12.5. The third-order valence-corrected chi connectivity index (χ3v) is 2.36. The van der Waals surface area contributed by atoms with Gasteiger partial charge in [-0.15, -0.1) is 0 Å². The molecule has 0 radical (unpaired) electrons. The maximum Gasteiger partial charge on any atom is 0.225 e. The number of nitrogens with zero attached hydrogens (tertiary/aromatic N) is 3. The summed E-state index contributed by atoms with van der Waals surface area (Å²) in [5, 5.41) is 0. The van der Waals surface area contributed by atoms with Crippen molar-refractivity contribution in [3.63, 3.8) is 0 Å². The molecular formula is C9H12FN3. The highest BCUT2D eigenvalue weighted by atomic mass is 19.1. The Hall–Kier alpha value is -1.19. The minimum Gasteiger partial charge on any atom is -0.335 e. The van der Waals surface area contributed by atoms with E-state index in [0.29, 0.717) is 5.95 Å². The molecule has 1 aromatic rings. The van der Waals surface area contributed by atoms with E-state index in [9.17, 15) is 4.39 Å². The first-order chi connectivity index (χ1) is 6.42. The Kier molecular flexibility index (Phi) is 2.38. The van der Waals surface area contributed by atoms with Gasteiger partial charge in [0.2, 0.25) is 5.95 Å². The fourth-order valence-electron chi connectivity index (χ4n) is 1.70. The van der Waals surface area contributed by atoms with Crippen LogP contribution < -0.4 is 4.90 Å². The van der Waals surface area contributed by atoms with Crippen molar-refractivity contribution in [3.05, 3.63) is 18.5 Å². The zero-order chi connectivity index (χ0) is 9.10. The van der Waals surface area contributed by atoms with Crippen LogP contribution in [-0.2, 0) is 0 Å². The summed E-state index contributed by atoms with van der Waals surface area (Å²) in [7, 11) is 0. The molecule has 70 valence electrons. The first-order valence-corrected chi connectivity index (χ1v) is 4.51. The number of hydrogen-bond acceptors (Lipinski definition) is 3. The van der Waals surface area contributed by atoms with Crippen LogP contribution in [0, 0.1) is 0 Å². The first kappa shape index (κ1) is 8.41. The normalized spacial score (nSPS) is 22.2. The van der Waals surface area contributed by atoms with E-state index in [1.54, 1.807) is 18.5 Å². The van der Waals surface area contributed by atoms with Crippen LogP contribution in [0.25, 0.3) is 0 Å². The molecule has 0 amide bonds. The first-order valence-electron chi connectivity index (χ1n) is 4.51. The van der Waals surface area contributed by atoms with Crippen LogP contribution in [0.2, 0.25) is 0 Å². The van der Waals surface area contributed by atoms with Gasteiger partial charge >= 0.3 is 0 Å². The van der Waals surface area contributed by atoms with Gasteiger partial charge in [0.25, 0.3) is 0 Å². The highest BCUT2D eigenvalue weighted by Crippen LogP contribution is 2.21. The molecule has 0 spiro atoms. The van der Waals surface area contributed by atoms with E-state index in [-0.39, 0.29) is 12.7 Å². The molecule has 0 saturated carbocycles. The Balaban J connectivity index is 2.16. The predicted molar refractivity (Wildman–Crippen MR) is 48.4 cm³/mol. The van der Waals surface area contributed by atoms with Gasteiger partial charge in [-0.1, -0.05) is 0 Å². The van der Waals surface area contributed by atoms with Gasteiger partial charge in [-0.2, -0.15) is 0 Å². The van der Waals surface area contributed by atoms with Crippen LogP contribution in [0.1, 0.15) is 12.8 Å². The lowest BCUT2D eigenvalue weighted by Crippen LogP contribution is -2.32. The number of halogens is 1. The van der Waals surface area contributed by atoms with E-state index >= 15 is 0 Å². The largest absolute Gasteiger partial charge is 0.335 e. The summed E-state index contributed by atoms with van der Waals surface area (Å²) in [4.78, 5) is 10.2. The van der Waals surface area contributed by atoms with Crippen LogP contribution >= 0.6 is 0 Å². The molecule has 1 aliphatic heterocycles. The van der Waals surface area contributed by atoms with Crippen LogP contribution in [0.5, 0.6) is 0 Å². The van der Waals surface area contributed by atoms with E-state index in [0.717, 1.165) is 19.4 Å². The molecule has 0 aromatic carbocycles. The number of rotatable bonds is 2. The molecule has 4 heteroatoms. The molecule has 13 heavy (non-hydrogen) atoms. The Morgan fingerprint density at radius 3 is 2.92 bits per heavy atom. The Labute approximate surface area is 76.6 Å². The smallest absolute Gasteiger partial charge is 0.225 e. The summed E-state index contributed by atoms with van der Waals surface area (Å²) in [6.45, 7) is 0.566. The average molecular weight is 181 g/mol. The second-order valence-corrected chi connectivity index (χ2v) is 3.19. The molecule has 2 heterocycles. The lowest BCUT2D eigenvalue weighted by molar-refractivity contribution is 0.426. The fourth-order valence-corrected chi connectivity index (χ4v) is 1.70. The van der Waals surface area contributed by atoms with Crippen LogP contribution in [-0.4, -0.2) is 29.2 Å². The van der Waals surface area contributed by atoms with E-state index < -0.39 is 0 Å². The highest BCUT2D eigenvalue weighted by molar-refractivity contribution is 5.32. The van der Waals surface area contributed by atoms with E-state index in [1.165, 1.54) is 0 Å². The molecule has 1 aliphatic rings.